The maximum absolute atomic E-state index is 13.0. The summed E-state index contributed by atoms with van der Waals surface area (Å²) in [6.07, 6.45) is 3.01. The lowest BCUT2D eigenvalue weighted by Crippen LogP contribution is -2.26. The number of rotatable bonds is 3. The van der Waals surface area contributed by atoms with E-state index >= 15 is 0 Å². The third kappa shape index (κ3) is 2.69. The second-order valence-electron chi connectivity index (χ2n) is 4.34. The second kappa shape index (κ2) is 5.46. The minimum absolute atomic E-state index is 0.0261. The van der Waals surface area contributed by atoms with Gasteiger partial charge in [-0.25, -0.2) is 4.39 Å². The monoisotopic (exact) mass is 275 g/mol. The van der Waals surface area contributed by atoms with Crippen LogP contribution >= 0.6 is 11.6 Å². The van der Waals surface area contributed by atoms with Gasteiger partial charge in [0.25, 0.3) is 0 Å². The summed E-state index contributed by atoms with van der Waals surface area (Å²) in [6, 6.07) is 4.27. The Labute approximate surface area is 108 Å². The van der Waals surface area contributed by atoms with Crippen LogP contribution in [0.25, 0.3) is 0 Å². The predicted octanol–water partition coefficient (Wildman–Crippen LogP) is 2.71. The molecule has 2 N–H and O–H groups in total. The van der Waals surface area contributed by atoms with Crippen LogP contribution in [0, 0.1) is 11.7 Å². The number of benzene rings is 1. The van der Waals surface area contributed by atoms with E-state index in [1.807, 2.05) is 0 Å². The molecular formula is C12H15ClFNOS. The van der Waals surface area contributed by atoms with Crippen LogP contribution in [0.15, 0.2) is 23.1 Å². The van der Waals surface area contributed by atoms with Gasteiger partial charge in [0.2, 0.25) is 0 Å². The molecule has 3 atom stereocenters. The van der Waals surface area contributed by atoms with Gasteiger partial charge < -0.3 is 5.73 Å². The molecule has 1 aliphatic rings. The van der Waals surface area contributed by atoms with E-state index in [1.54, 1.807) is 6.07 Å². The standard InChI is InChI=1S/C12H15ClFNOS/c13-10-6-9(4-5-11(10)14)17(16)12-3-1-2-8(12)7-15/h4-6,8,12H,1-3,7,15H2. The molecule has 3 unspecified atom stereocenters. The molecule has 1 fully saturated rings. The minimum Gasteiger partial charge on any atom is -0.330 e. The van der Waals surface area contributed by atoms with Gasteiger partial charge in [-0.3, -0.25) is 4.21 Å². The lowest BCUT2D eigenvalue weighted by molar-refractivity contribution is 0.557. The lowest BCUT2D eigenvalue weighted by Gasteiger charge is -2.17. The first kappa shape index (κ1) is 13.0. The van der Waals surface area contributed by atoms with Gasteiger partial charge in [-0.1, -0.05) is 18.0 Å². The molecule has 0 amide bonds. The molecule has 94 valence electrons. The Morgan fingerprint density at radius 2 is 2.24 bits per heavy atom. The smallest absolute Gasteiger partial charge is 0.141 e. The highest BCUT2D eigenvalue weighted by Crippen LogP contribution is 2.32. The second-order valence-corrected chi connectivity index (χ2v) is 6.42. The predicted molar refractivity (Wildman–Crippen MR) is 68.0 cm³/mol. The van der Waals surface area contributed by atoms with Crippen molar-refractivity contribution in [3.8, 4) is 0 Å². The van der Waals surface area contributed by atoms with Crippen molar-refractivity contribution in [2.45, 2.75) is 29.4 Å². The molecule has 0 bridgehead atoms. The highest BCUT2D eigenvalue weighted by molar-refractivity contribution is 7.85. The van der Waals surface area contributed by atoms with Crippen LogP contribution in [0.4, 0.5) is 4.39 Å². The van der Waals surface area contributed by atoms with Gasteiger partial charge in [-0.15, -0.1) is 0 Å². The summed E-state index contributed by atoms with van der Waals surface area (Å²) in [5.41, 5.74) is 5.67. The number of nitrogens with two attached hydrogens (primary N) is 1. The molecule has 2 nitrogen and oxygen atoms in total. The highest BCUT2D eigenvalue weighted by atomic mass is 35.5. The van der Waals surface area contributed by atoms with Crippen LogP contribution in [-0.2, 0) is 10.8 Å². The summed E-state index contributed by atoms with van der Waals surface area (Å²) in [6.45, 7) is 0.561. The molecule has 0 radical (unpaired) electrons. The van der Waals surface area contributed by atoms with Crippen molar-refractivity contribution in [3.63, 3.8) is 0 Å². The van der Waals surface area contributed by atoms with Gasteiger partial charge in [0, 0.05) is 10.1 Å². The molecule has 0 spiro atoms. The number of hydrogen-bond donors (Lipinski definition) is 1. The summed E-state index contributed by atoms with van der Waals surface area (Å²) in [5, 5.41) is 0.111. The van der Waals surface area contributed by atoms with E-state index < -0.39 is 16.6 Å². The van der Waals surface area contributed by atoms with Crippen molar-refractivity contribution in [1.82, 2.24) is 0 Å². The Bertz CT molecular complexity index is 441. The van der Waals surface area contributed by atoms with Crippen molar-refractivity contribution in [2.75, 3.05) is 6.54 Å². The van der Waals surface area contributed by atoms with Crippen LogP contribution in [0.1, 0.15) is 19.3 Å². The van der Waals surface area contributed by atoms with Gasteiger partial charge in [0.15, 0.2) is 0 Å². The van der Waals surface area contributed by atoms with E-state index in [9.17, 15) is 8.60 Å². The van der Waals surface area contributed by atoms with Crippen LogP contribution < -0.4 is 5.73 Å². The van der Waals surface area contributed by atoms with Gasteiger partial charge in [-0.2, -0.15) is 0 Å². The first-order valence-electron chi connectivity index (χ1n) is 5.69. The molecule has 1 aromatic carbocycles. The van der Waals surface area contributed by atoms with E-state index in [2.05, 4.69) is 0 Å². The molecule has 2 rings (SSSR count). The summed E-state index contributed by atoms with van der Waals surface area (Å²) >= 11 is 5.70. The fraction of sp³-hybridized carbons (Fsp3) is 0.500. The molecule has 1 saturated carbocycles. The molecule has 1 aromatic rings. The topological polar surface area (TPSA) is 43.1 Å². The molecule has 0 aliphatic heterocycles. The summed E-state index contributed by atoms with van der Waals surface area (Å²) in [5.74, 6) is -0.172. The Hall–Kier alpha value is -0.450. The molecule has 1 aliphatic carbocycles. The van der Waals surface area contributed by atoms with Crippen LogP contribution in [0.5, 0.6) is 0 Å². The zero-order chi connectivity index (χ0) is 12.4. The first-order chi connectivity index (χ1) is 8.13. The molecule has 0 saturated heterocycles. The molecule has 17 heavy (non-hydrogen) atoms. The average molecular weight is 276 g/mol. The highest BCUT2D eigenvalue weighted by Gasteiger charge is 2.31. The number of halogens is 2. The van der Waals surface area contributed by atoms with Crippen molar-refractivity contribution in [1.29, 1.82) is 0 Å². The van der Waals surface area contributed by atoms with E-state index in [4.69, 9.17) is 17.3 Å². The third-order valence-corrected chi connectivity index (χ3v) is 5.47. The Morgan fingerprint density at radius 1 is 1.47 bits per heavy atom. The maximum atomic E-state index is 13.0. The normalized spacial score (nSPS) is 26.1. The molecule has 5 heteroatoms. The van der Waals surface area contributed by atoms with E-state index in [0.29, 0.717) is 17.4 Å². The van der Waals surface area contributed by atoms with E-state index in [1.165, 1.54) is 12.1 Å². The summed E-state index contributed by atoms with van der Waals surface area (Å²) in [4.78, 5) is 0.599. The van der Waals surface area contributed by atoms with Crippen molar-refractivity contribution in [2.24, 2.45) is 11.7 Å². The minimum atomic E-state index is -1.14. The Kier molecular flexibility index (Phi) is 4.17. The average Bonchev–Trinajstić information content (AvgIpc) is 2.80. The largest absolute Gasteiger partial charge is 0.330 e. The zero-order valence-electron chi connectivity index (χ0n) is 9.36. The van der Waals surface area contributed by atoms with E-state index in [0.717, 1.165) is 19.3 Å². The van der Waals surface area contributed by atoms with Crippen LogP contribution in [-0.4, -0.2) is 16.0 Å². The van der Waals surface area contributed by atoms with Crippen molar-refractivity contribution < 1.29 is 8.60 Å². The quantitative estimate of drug-likeness (QED) is 0.922. The fourth-order valence-corrected chi connectivity index (χ4v) is 4.34. The van der Waals surface area contributed by atoms with Gasteiger partial charge in [-0.05, 0) is 43.5 Å². The molecule has 0 aromatic heterocycles. The zero-order valence-corrected chi connectivity index (χ0v) is 10.9. The third-order valence-electron chi connectivity index (χ3n) is 3.29. The first-order valence-corrected chi connectivity index (χ1v) is 7.28. The Balaban J connectivity index is 2.21. The maximum Gasteiger partial charge on any atom is 0.141 e. The Morgan fingerprint density at radius 3 is 2.88 bits per heavy atom. The van der Waals surface area contributed by atoms with E-state index in [-0.39, 0.29) is 10.3 Å². The van der Waals surface area contributed by atoms with Gasteiger partial charge in [0.05, 0.1) is 15.8 Å². The van der Waals surface area contributed by atoms with Crippen molar-refractivity contribution >= 4 is 22.4 Å². The summed E-state index contributed by atoms with van der Waals surface area (Å²) in [7, 11) is -1.14. The van der Waals surface area contributed by atoms with Crippen LogP contribution in [0.2, 0.25) is 5.02 Å². The molecule has 0 heterocycles. The lowest BCUT2D eigenvalue weighted by atomic mass is 10.1. The fourth-order valence-electron chi connectivity index (χ4n) is 2.33. The van der Waals surface area contributed by atoms with Gasteiger partial charge in [0.1, 0.15) is 5.82 Å². The molecular weight excluding hydrogens is 261 g/mol. The van der Waals surface area contributed by atoms with Crippen LogP contribution in [0.3, 0.4) is 0 Å². The van der Waals surface area contributed by atoms with Crippen molar-refractivity contribution in [3.05, 3.63) is 29.0 Å². The van der Waals surface area contributed by atoms with Gasteiger partial charge >= 0.3 is 0 Å². The SMILES string of the molecule is NCC1CCCC1S(=O)c1ccc(F)c(Cl)c1. The summed E-state index contributed by atoms with van der Waals surface area (Å²) < 4.78 is 25.4. The number of hydrogen-bond acceptors (Lipinski definition) is 2.